The van der Waals surface area contributed by atoms with E-state index in [4.69, 9.17) is 0 Å². The molecule has 0 unspecified atom stereocenters. The van der Waals surface area contributed by atoms with E-state index in [1.807, 2.05) is 42.5 Å². The molecule has 2 aromatic carbocycles. The average molecular weight is 454 g/mol. The zero-order valence-corrected chi connectivity index (χ0v) is 19.5. The van der Waals surface area contributed by atoms with Gasteiger partial charge in [0.2, 0.25) is 5.82 Å². The molecule has 4 rings (SSSR count). The van der Waals surface area contributed by atoms with Crippen molar-refractivity contribution in [2.45, 2.75) is 32.6 Å². The molecule has 2 heterocycles. The molecule has 0 atom stereocenters. The van der Waals surface area contributed by atoms with Crippen molar-refractivity contribution in [2.75, 3.05) is 5.43 Å². The molecule has 172 valence electrons. The van der Waals surface area contributed by atoms with Gasteiger partial charge in [-0.15, -0.1) is 6.58 Å². The van der Waals surface area contributed by atoms with E-state index in [2.05, 4.69) is 47.8 Å². The summed E-state index contributed by atoms with van der Waals surface area (Å²) in [4.78, 5) is 22.1. The van der Waals surface area contributed by atoms with E-state index in [1.54, 1.807) is 24.4 Å². The molecule has 0 saturated heterocycles. The number of nitrogens with zero attached hydrogens (tertiary/aromatic N) is 4. The van der Waals surface area contributed by atoms with Crippen LogP contribution in [-0.2, 0) is 11.8 Å². The van der Waals surface area contributed by atoms with Gasteiger partial charge in [-0.25, -0.2) is 9.97 Å². The van der Waals surface area contributed by atoms with Gasteiger partial charge in [-0.2, -0.15) is 5.10 Å². The van der Waals surface area contributed by atoms with E-state index in [0.29, 0.717) is 28.8 Å². The van der Waals surface area contributed by atoms with Crippen LogP contribution in [0, 0.1) is 0 Å². The van der Waals surface area contributed by atoms with Crippen LogP contribution in [0.2, 0.25) is 0 Å². The maximum atomic E-state index is 13.3. The van der Waals surface area contributed by atoms with Crippen LogP contribution in [0.3, 0.4) is 0 Å². The van der Waals surface area contributed by atoms with Crippen molar-refractivity contribution in [3.8, 4) is 11.4 Å². The average Bonchev–Trinajstić information content (AvgIpc) is 2.81. The predicted molar refractivity (Wildman–Crippen MR) is 137 cm³/mol. The van der Waals surface area contributed by atoms with Crippen molar-refractivity contribution >= 4 is 23.2 Å². The molecule has 7 heteroatoms. The summed E-state index contributed by atoms with van der Waals surface area (Å²) in [6, 6.07) is 16.7. The van der Waals surface area contributed by atoms with E-state index >= 15 is 0 Å². The van der Waals surface area contributed by atoms with Crippen LogP contribution in [0.4, 0.5) is 5.82 Å². The first-order valence-corrected chi connectivity index (χ1v) is 11.0. The third kappa shape index (κ3) is 4.59. The second-order valence-electron chi connectivity index (χ2n) is 8.97. The summed E-state index contributed by atoms with van der Waals surface area (Å²) in [6.07, 6.45) is 5.41. The number of para-hydroxylation sites is 1. The lowest BCUT2D eigenvalue weighted by molar-refractivity contribution is 0.467. The summed E-state index contributed by atoms with van der Waals surface area (Å²) in [5, 5.41) is 15.0. The molecule has 0 bridgehead atoms. The van der Waals surface area contributed by atoms with Crippen molar-refractivity contribution < 1.29 is 5.11 Å². The molecule has 0 aliphatic heterocycles. The Morgan fingerprint density at radius 2 is 1.91 bits per heavy atom. The summed E-state index contributed by atoms with van der Waals surface area (Å²) in [7, 11) is 0. The topological polar surface area (TPSA) is 92.4 Å². The van der Waals surface area contributed by atoms with Crippen molar-refractivity contribution in [1.29, 1.82) is 0 Å². The fourth-order valence-corrected chi connectivity index (χ4v) is 3.63. The van der Waals surface area contributed by atoms with Gasteiger partial charge in [-0.3, -0.25) is 14.8 Å². The monoisotopic (exact) mass is 453 g/mol. The quantitative estimate of drug-likeness (QED) is 0.245. The third-order valence-electron chi connectivity index (χ3n) is 5.45. The molecule has 7 nitrogen and oxygen atoms in total. The lowest BCUT2D eigenvalue weighted by atomic mass is 9.84. The zero-order chi connectivity index (χ0) is 24.3. The number of benzene rings is 2. The van der Waals surface area contributed by atoms with Crippen LogP contribution in [-0.4, -0.2) is 25.9 Å². The van der Waals surface area contributed by atoms with Gasteiger partial charge < -0.3 is 5.11 Å². The standard InChI is InChI=1S/C27H27N5O2/c1-5-10-18-15-20(27(2,3)4)16-19(23(18)33)17-29-31-24-26(34)32(21-11-7-6-8-12-21)25-22(30-24)13-9-14-28-25/h5-9,11-17,33H,1,10H2,2-4H3,(H,30,31)/b29-17+. The lowest BCUT2D eigenvalue weighted by Crippen LogP contribution is -2.23. The van der Waals surface area contributed by atoms with Crippen LogP contribution in [0.25, 0.3) is 16.9 Å². The Morgan fingerprint density at radius 1 is 1.15 bits per heavy atom. The number of hydrogen-bond acceptors (Lipinski definition) is 6. The highest BCUT2D eigenvalue weighted by atomic mass is 16.3. The number of phenolic OH excluding ortho intramolecular Hbond substituents is 1. The smallest absolute Gasteiger partial charge is 0.301 e. The van der Waals surface area contributed by atoms with Crippen LogP contribution in [0.15, 0.2) is 83.3 Å². The van der Waals surface area contributed by atoms with Crippen molar-refractivity contribution in [1.82, 2.24) is 14.5 Å². The SMILES string of the molecule is C=CCc1cc(C(C)(C)C)cc(/C=N/Nc2nc3cccnc3n(-c3ccccc3)c2=O)c1O. The molecular formula is C27H27N5O2. The van der Waals surface area contributed by atoms with Crippen LogP contribution in [0.5, 0.6) is 5.75 Å². The highest BCUT2D eigenvalue weighted by Gasteiger charge is 2.18. The Balaban J connectivity index is 1.76. The third-order valence-corrected chi connectivity index (χ3v) is 5.45. The Hall–Kier alpha value is -4.26. The maximum absolute atomic E-state index is 13.3. The minimum absolute atomic E-state index is 0.0541. The summed E-state index contributed by atoms with van der Waals surface area (Å²) in [5.74, 6) is 0.189. The fraction of sp³-hybridized carbons (Fsp3) is 0.185. The highest BCUT2D eigenvalue weighted by Crippen LogP contribution is 2.31. The second kappa shape index (κ2) is 9.31. The molecule has 0 fully saturated rings. The Kier molecular flexibility index (Phi) is 6.27. The first kappa shape index (κ1) is 22.9. The van der Waals surface area contributed by atoms with E-state index in [9.17, 15) is 9.90 Å². The Bertz CT molecular complexity index is 1430. The number of hydrazone groups is 1. The van der Waals surface area contributed by atoms with E-state index in [0.717, 1.165) is 11.1 Å². The minimum Gasteiger partial charge on any atom is -0.507 e. The summed E-state index contributed by atoms with van der Waals surface area (Å²) in [6.45, 7) is 10.1. The number of allylic oxidation sites excluding steroid dienone is 1. The van der Waals surface area contributed by atoms with Crippen molar-refractivity contribution in [3.63, 3.8) is 0 Å². The van der Waals surface area contributed by atoms with Gasteiger partial charge in [0.15, 0.2) is 5.65 Å². The molecule has 2 N–H and O–H groups in total. The zero-order valence-electron chi connectivity index (χ0n) is 19.5. The predicted octanol–water partition coefficient (Wildman–Crippen LogP) is 4.96. The normalized spacial score (nSPS) is 11.7. The molecular weight excluding hydrogens is 426 g/mol. The van der Waals surface area contributed by atoms with E-state index in [-0.39, 0.29) is 22.5 Å². The molecule has 34 heavy (non-hydrogen) atoms. The Labute approximate surface area is 198 Å². The molecule has 0 amide bonds. The van der Waals surface area contributed by atoms with Gasteiger partial charge in [-0.1, -0.05) is 51.1 Å². The molecule has 0 radical (unpaired) electrons. The minimum atomic E-state index is -0.380. The number of nitrogens with one attached hydrogen (secondary N) is 1. The van der Waals surface area contributed by atoms with E-state index in [1.165, 1.54) is 10.8 Å². The molecule has 0 aliphatic rings. The molecule has 0 saturated carbocycles. The van der Waals surface area contributed by atoms with Gasteiger partial charge >= 0.3 is 5.56 Å². The van der Waals surface area contributed by atoms with Gasteiger partial charge in [-0.05, 0) is 53.3 Å². The number of aromatic hydroxyl groups is 1. The largest absolute Gasteiger partial charge is 0.507 e. The fourth-order valence-electron chi connectivity index (χ4n) is 3.63. The second-order valence-corrected chi connectivity index (χ2v) is 8.97. The molecule has 4 aromatic rings. The molecule has 0 aliphatic carbocycles. The number of fused-ring (bicyclic) bond motifs is 1. The number of phenols is 1. The highest BCUT2D eigenvalue weighted by molar-refractivity contribution is 5.85. The summed E-state index contributed by atoms with van der Waals surface area (Å²) in [5.41, 5.74) is 6.33. The number of aromatic nitrogens is 3. The number of hydrogen-bond donors (Lipinski definition) is 2. The first-order chi connectivity index (χ1) is 16.3. The summed E-state index contributed by atoms with van der Waals surface area (Å²) < 4.78 is 1.50. The van der Waals surface area contributed by atoms with Gasteiger partial charge in [0.05, 0.1) is 11.9 Å². The number of anilines is 1. The van der Waals surface area contributed by atoms with Crippen molar-refractivity contribution in [2.24, 2.45) is 5.10 Å². The van der Waals surface area contributed by atoms with Gasteiger partial charge in [0.1, 0.15) is 11.3 Å². The lowest BCUT2D eigenvalue weighted by Gasteiger charge is -2.21. The van der Waals surface area contributed by atoms with Crippen LogP contribution in [0.1, 0.15) is 37.5 Å². The van der Waals surface area contributed by atoms with Crippen LogP contribution >= 0.6 is 0 Å². The van der Waals surface area contributed by atoms with Gasteiger partial charge in [0.25, 0.3) is 0 Å². The molecule has 0 spiro atoms. The first-order valence-electron chi connectivity index (χ1n) is 11.0. The molecule has 2 aromatic heterocycles. The Morgan fingerprint density at radius 3 is 2.62 bits per heavy atom. The summed E-state index contributed by atoms with van der Waals surface area (Å²) >= 11 is 0. The maximum Gasteiger partial charge on any atom is 0.301 e. The van der Waals surface area contributed by atoms with Crippen molar-refractivity contribution in [3.05, 3.63) is 100 Å². The number of pyridine rings is 1. The van der Waals surface area contributed by atoms with Gasteiger partial charge in [0, 0.05) is 11.8 Å². The van der Waals surface area contributed by atoms with Crippen LogP contribution < -0.4 is 11.0 Å². The number of rotatable bonds is 6. The van der Waals surface area contributed by atoms with E-state index < -0.39 is 0 Å².